The molecule has 2 rings (SSSR count). The quantitative estimate of drug-likeness (QED) is 0.894. The van der Waals surface area contributed by atoms with Crippen molar-refractivity contribution >= 4 is 46.0 Å². The number of carbonyl (C=O) groups is 1. The van der Waals surface area contributed by atoms with Gasteiger partial charge in [-0.15, -0.1) is 0 Å². The van der Waals surface area contributed by atoms with Gasteiger partial charge in [0.2, 0.25) is 0 Å². The van der Waals surface area contributed by atoms with Crippen LogP contribution >= 0.6 is 23.3 Å². The van der Waals surface area contributed by atoms with E-state index >= 15 is 0 Å². The second kappa shape index (κ2) is 4.85. The van der Waals surface area contributed by atoms with Gasteiger partial charge in [0.15, 0.2) is 0 Å². The minimum atomic E-state index is -0.857. The van der Waals surface area contributed by atoms with Gasteiger partial charge in [-0.05, 0) is 19.1 Å². The van der Waals surface area contributed by atoms with Crippen molar-refractivity contribution in [3.05, 3.63) is 17.2 Å². The topological polar surface area (TPSA) is 75.1 Å². The molecule has 0 bridgehead atoms. The fraction of sp³-hybridized carbons (Fsp3) is 0.300. The van der Waals surface area contributed by atoms with Crippen LogP contribution in [-0.2, 0) is 4.79 Å². The molecule has 0 amide bonds. The van der Waals surface area contributed by atoms with Crippen molar-refractivity contribution in [2.24, 2.45) is 0 Å². The summed E-state index contributed by atoms with van der Waals surface area (Å²) in [5.41, 5.74) is 2.08. The van der Waals surface area contributed by atoms with Crippen LogP contribution in [0.5, 0.6) is 0 Å². The number of fused-ring (bicyclic) bond motifs is 1. The van der Waals surface area contributed by atoms with Crippen molar-refractivity contribution in [1.82, 2.24) is 8.75 Å². The van der Waals surface area contributed by atoms with Gasteiger partial charge >= 0.3 is 5.97 Å². The van der Waals surface area contributed by atoms with E-state index in [-0.39, 0.29) is 12.5 Å². The van der Waals surface area contributed by atoms with Crippen LogP contribution in [0.1, 0.15) is 13.3 Å². The highest BCUT2D eigenvalue weighted by atomic mass is 35.5. The van der Waals surface area contributed by atoms with E-state index in [1.165, 1.54) is 0 Å². The summed E-state index contributed by atoms with van der Waals surface area (Å²) < 4.78 is 8.25. The summed E-state index contributed by atoms with van der Waals surface area (Å²) >= 11 is 7.17. The minimum Gasteiger partial charge on any atom is -0.481 e. The van der Waals surface area contributed by atoms with E-state index in [1.54, 1.807) is 19.1 Å². The smallest absolute Gasteiger partial charge is 0.305 e. The van der Waals surface area contributed by atoms with E-state index in [1.807, 2.05) is 0 Å². The lowest BCUT2D eigenvalue weighted by atomic mass is 10.2. The van der Waals surface area contributed by atoms with Crippen LogP contribution in [0.2, 0.25) is 5.02 Å². The highest BCUT2D eigenvalue weighted by molar-refractivity contribution is 7.00. The van der Waals surface area contributed by atoms with E-state index in [9.17, 15) is 4.79 Å². The Bertz CT molecular complexity index is 557. The Morgan fingerprint density at radius 1 is 1.59 bits per heavy atom. The van der Waals surface area contributed by atoms with Crippen molar-refractivity contribution in [1.29, 1.82) is 0 Å². The first-order valence-corrected chi connectivity index (χ1v) is 6.08. The number of carboxylic acids is 1. The van der Waals surface area contributed by atoms with Gasteiger partial charge < -0.3 is 10.4 Å². The predicted molar refractivity (Wildman–Crippen MR) is 67.8 cm³/mol. The van der Waals surface area contributed by atoms with Crippen molar-refractivity contribution in [2.75, 3.05) is 5.32 Å². The molecule has 1 aromatic carbocycles. The molecule has 0 fully saturated rings. The van der Waals surface area contributed by atoms with Crippen LogP contribution in [0.25, 0.3) is 11.0 Å². The number of halogens is 1. The van der Waals surface area contributed by atoms with Gasteiger partial charge in [0.05, 0.1) is 28.9 Å². The van der Waals surface area contributed by atoms with Crippen LogP contribution in [-0.4, -0.2) is 25.9 Å². The molecule has 0 aliphatic heterocycles. The van der Waals surface area contributed by atoms with Gasteiger partial charge in [-0.2, -0.15) is 8.75 Å². The summed E-state index contributed by atoms with van der Waals surface area (Å²) in [7, 11) is 0. The van der Waals surface area contributed by atoms with Crippen LogP contribution in [0, 0.1) is 0 Å². The van der Waals surface area contributed by atoms with Crippen LogP contribution < -0.4 is 5.32 Å². The van der Waals surface area contributed by atoms with E-state index in [0.29, 0.717) is 16.2 Å². The molecule has 0 aliphatic rings. The zero-order valence-electron chi connectivity index (χ0n) is 8.98. The Morgan fingerprint density at radius 3 is 3.06 bits per heavy atom. The third-order valence-electron chi connectivity index (χ3n) is 2.25. The van der Waals surface area contributed by atoms with Crippen molar-refractivity contribution in [3.63, 3.8) is 0 Å². The molecule has 2 aromatic rings. The lowest BCUT2D eigenvalue weighted by Crippen LogP contribution is -2.19. The fourth-order valence-corrected chi connectivity index (χ4v) is 2.27. The van der Waals surface area contributed by atoms with Gasteiger partial charge in [-0.25, -0.2) is 0 Å². The van der Waals surface area contributed by atoms with Gasteiger partial charge in [0.1, 0.15) is 11.0 Å². The summed E-state index contributed by atoms with van der Waals surface area (Å²) in [6.45, 7) is 1.78. The average molecular weight is 272 g/mol. The number of benzene rings is 1. The molecule has 0 radical (unpaired) electrons. The molecular formula is C10H10ClN3O2S. The van der Waals surface area contributed by atoms with E-state index < -0.39 is 5.97 Å². The largest absolute Gasteiger partial charge is 0.481 e. The lowest BCUT2D eigenvalue weighted by Gasteiger charge is -2.14. The Kier molecular flexibility index (Phi) is 3.44. The third kappa shape index (κ3) is 2.65. The molecule has 1 atom stereocenters. The number of carboxylic acid groups (broad SMARTS) is 1. The molecule has 7 heteroatoms. The zero-order valence-corrected chi connectivity index (χ0v) is 10.5. The average Bonchev–Trinajstić information content (AvgIpc) is 2.69. The Hall–Kier alpha value is -1.40. The molecule has 0 saturated carbocycles. The van der Waals surface area contributed by atoms with Gasteiger partial charge in [-0.3, -0.25) is 4.79 Å². The van der Waals surface area contributed by atoms with Gasteiger partial charge in [-0.1, -0.05) is 11.6 Å². The number of aliphatic carboxylic acids is 1. The predicted octanol–water partition coefficient (Wildman–Crippen LogP) is 2.62. The molecule has 0 spiro atoms. The van der Waals surface area contributed by atoms with E-state index in [2.05, 4.69) is 14.1 Å². The molecule has 1 unspecified atom stereocenters. The molecular weight excluding hydrogens is 262 g/mol. The lowest BCUT2D eigenvalue weighted by molar-refractivity contribution is -0.137. The van der Waals surface area contributed by atoms with E-state index in [4.69, 9.17) is 16.7 Å². The van der Waals surface area contributed by atoms with Crippen molar-refractivity contribution in [2.45, 2.75) is 19.4 Å². The number of nitrogens with one attached hydrogen (secondary N) is 1. The Labute approximate surface area is 107 Å². The second-order valence-electron chi connectivity index (χ2n) is 3.70. The van der Waals surface area contributed by atoms with Crippen molar-refractivity contribution in [3.8, 4) is 0 Å². The molecule has 0 aliphatic carbocycles. The van der Waals surface area contributed by atoms with Crippen LogP contribution in [0.15, 0.2) is 12.1 Å². The van der Waals surface area contributed by atoms with E-state index in [0.717, 1.165) is 17.2 Å². The number of nitrogens with zero attached hydrogens (tertiary/aromatic N) is 2. The zero-order chi connectivity index (χ0) is 12.4. The highest BCUT2D eigenvalue weighted by Gasteiger charge is 2.14. The minimum absolute atomic E-state index is 0.0181. The van der Waals surface area contributed by atoms with Gasteiger partial charge in [0.25, 0.3) is 0 Å². The summed E-state index contributed by atoms with van der Waals surface area (Å²) in [5, 5.41) is 12.3. The van der Waals surface area contributed by atoms with Gasteiger partial charge in [0, 0.05) is 6.04 Å². The Morgan fingerprint density at radius 2 is 2.35 bits per heavy atom. The standard InChI is InChI=1S/C10H10ClN3O2S/c1-5(4-8(15)16)12-9-6(11)2-3-7-10(9)14-17-13-7/h2-3,5,12H,4H2,1H3,(H,15,16). The fourth-order valence-electron chi connectivity index (χ4n) is 1.52. The van der Waals surface area contributed by atoms with Crippen LogP contribution in [0.3, 0.4) is 0 Å². The summed E-state index contributed by atoms with van der Waals surface area (Å²) in [4.78, 5) is 10.6. The molecule has 1 aromatic heterocycles. The number of hydrogen-bond acceptors (Lipinski definition) is 5. The summed E-state index contributed by atoms with van der Waals surface area (Å²) in [6, 6.07) is 3.28. The SMILES string of the molecule is CC(CC(=O)O)Nc1c(Cl)ccc2nsnc12. The second-order valence-corrected chi connectivity index (χ2v) is 4.63. The molecule has 5 nitrogen and oxygen atoms in total. The normalized spacial score (nSPS) is 12.6. The molecule has 17 heavy (non-hydrogen) atoms. The summed E-state index contributed by atoms with van der Waals surface area (Å²) in [6.07, 6.45) is 0.0181. The first-order chi connectivity index (χ1) is 8.08. The summed E-state index contributed by atoms with van der Waals surface area (Å²) in [5.74, 6) is -0.857. The first kappa shape index (κ1) is 12.1. The maximum Gasteiger partial charge on any atom is 0.305 e. The number of anilines is 1. The highest BCUT2D eigenvalue weighted by Crippen LogP contribution is 2.30. The van der Waals surface area contributed by atoms with Crippen LogP contribution in [0.4, 0.5) is 5.69 Å². The molecule has 0 saturated heterocycles. The maximum atomic E-state index is 10.6. The molecule has 1 heterocycles. The maximum absolute atomic E-state index is 10.6. The first-order valence-electron chi connectivity index (χ1n) is 4.97. The molecule has 2 N–H and O–H groups in total. The monoisotopic (exact) mass is 271 g/mol. The number of hydrogen-bond donors (Lipinski definition) is 2. The molecule has 90 valence electrons. The number of aromatic nitrogens is 2. The van der Waals surface area contributed by atoms with Crippen molar-refractivity contribution < 1.29 is 9.90 Å². The Balaban J connectivity index is 2.30. The third-order valence-corrected chi connectivity index (χ3v) is 3.11. The number of rotatable bonds is 4.